The molecule has 8 nitrogen and oxygen atoms in total. The molecule has 2 amide bonds. The Labute approximate surface area is 197 Å². The zero-order chi connectivity index (χ0) is 23.7. The van der Waals surface area contributed by atoms with Gasteiger partial charge in [-0.15, -0.1) is 0 Å². The molecule has 0 unspecified atom stereocenters. The maximum Gasteiger partial charge on any atom is 0.240 e. The number of amides is 2. The predicted octanol–water partition coefficient (Wildman–Crippen LogP) is 2.79. The molecule has 2 fully saturated rings. The first-order chi connectivity index (χ1) is 15.9. The van der Waals surface area contributed by atoms with E-state index in [0.29, 0.717) is 50.9 Å². The molecule has 1 heterocycles. The summed E-state index contributed by atoms with van der Waals surface area (Å²) >= 11 is 0. The van der Waals surface area contributed by atoms with Gasteiger partial charge in [0.05, 0.1) is 11.5 Å². The SMILES string of the molecule is CCOc1ccc(S(=O)(=O)NCCC(=O)N2CCN(C(=O)CCC3CCCCC3)CC2)cc1. The monoisotopic (exact) mass is 479 g/mol. The summed E-state index contributed by atoms with van der Waals surface area (Å²) in [6.07, 6.45) is 8.07. The number of rotatable bonds is 10. The Morgan fingerprint density at radius 1 is 0.939 bits per heavy atom. The molecule has 1 saturated heterocycles. The van der Waals surface area contributed by atoms with E-state index in [0.717, 1.165) is 6.42 Å². The third kappa shape index (κ3) is 7.71. The first kappa shape index (κ1) is 25.5. The van der Waals surface area contributed by atoms with Crippen LogP contribution in [-0.4, -0.2) is 69.4 Å². The summed E-state index contributed by atoms with van der Waals surface area (Å²) in [5, 5.41) is 0. The van der Waals surface area contributed by atoms with Gasteiger partial charge in [0, 0.05) is 45.6 Å². The van der Waals surface area contributed by atoms with Crippen LogP contribution in [0.1, 0.15) is 58.3 Å². The number of nitrogens with one attached hydrogen (secondary N) is 1. The standard InChI is InChI=1S/C24H37N3O5S/c1-2-32-21-9-11-22(12-10-21)33(30,31)25-15-14-24(29)27-18-16-26(17-19-27)23(28)13-8-20-6-4-3-5-7-20/h9-12,20,25H,2-8,13-19H2,1H3. The van der Waals surface area contributed by atoms with Crippen molar-refractivity contribution >= 4 is 21.8 Å². The van der Waals surface area contributed by atoms with Crippen LogP contribution in [0, 0.1) is 5.92 Å². The molecule has 33 heavy (non-hydrogen) atoms. The van der Waals surface area contributed by atoms with Crippen LogP contribution >= 0.6 is 0 Å². The predicted molar refractivity (Wildman–Crippen MR) is 126 cm³/mol. The molecule has 0 radical (unpaired) electrons. The van der Waals surface area contributed by atoms with E-state index in [9.17, 15) is 18.0 Å². The van der Waals surface area contributed by atoms with Crippen LogP contribution in [0.15, 0.2) is 29.2 Å². The van der Waals surface area contributed by atoms with Crippen molar-refractivity contribution in [3.63, 3.8) is 0 Å². The number of carbonyl (C=O) groups excluding carboxylic acids is 2. The van der Waals surface area contributed by atoms with Gasteiger partial charge in [-0.3, -0.25) is 9.59 Å². The van der Waals surface area contributed by atoms with Gasteiger partial charge in [0.15, 0.2) is 0 Å². The van der Waals surface area contributed by atoms with Crippen LogP contribution < -0.4 is 9.46 Å². The van der Waals surface area contributed by atoms with E-state index in [1.165, 1.54) is 44.2 Å². The van der Waals surface area contributed by atoms with Gasteiger partial charge in [-0.25, -0.2) is 13.1 Å². The average Bonchev–Trinajstić information content (AvgIpc) is 2.83. The minimum absolute atomic E-state index is 0.0366. The lowest BCUT2D eigenvalue weighted by Crippen LogP contribution is -2.51. The third-order valence-corrected chi connectivity index (χ3v) is 8.03. The Morgan fingerprint density at radius 2 is 1.52 bits per heavy atom. The Kier molecular flexibility index (Phi) is 9.55. The second-order valence-electron chi connectivity index (χ2n) is 8.86. The number of sulfonamides is 1. The molecule has 3 rings (SSSR count). The molecule has 0 aromatic heterocycles. The topological polar surface area (TPSA) is 96.0 Å². The van der Waals surface area contributed by atoms with Crippen LogP contribution in [-0.2, 0) is 19.6 Å². The summed E-state index contributed by atoms with van der Waals surface area (Å²) in [6, 6.07) is 6.19. The summed E-state index contributed by atoms with van der Waals surface area (Å²) < 4.78 is 32.7. The fourth-order valence-corrected chi connectivity index (χ4v) is 5.61. The molecule has 9 heteroatoms. The minimum atomic E-state index is -3.68. The zero-order valence-electron chi connectivity index (χ0n) is 19.6. The van der Waals surface area contributed by atoms with Crippen molar-refractivity contribution < 1.29 is 22.7 Å². The fraction of sp³-hybridized carbons (Fsp3) is 0.667. The molecule has 1 N–H and O–H groups in total. The summed E-state index contributed by atoms with van der Waals surface area (Å²) in [5.74, 6) is 1.39. The van der Waals surface area contributed by atoms with Crippen LogP contribution in [0.2, 0.25) is 0 Å². The summed E-state index contributed by atoms with van der Waals surface area (Å²) in [5.41, 5.74) is 0. The largest absolute Gasteiger partial charge is 0.494 e. The number of hydrogen-bond donors (Lipinski definition) is 1. The molecule has 1 aliphatic carbocycles. The van der Waals surface area contributed by atoms with E-state index in [1.807, 2.05) is 11.8 Å². The van der Waals surface area contributed by atoms with E-state index < -0.39 is 10.0 Å². The molecule has 1 saturated carbocycles. The number of ether oxygens (including phenoxy) is 1. The van der Waals surface area contributed by atoms with Crippen molar-refractivity contribution in [2.75, 3.05) is 39.3 Å². The van der Waals surface area contributed by atoms with Gasteiger partial charge in [0.2, 0.25) is 21.8 Å². The number of benzene rings is 1. The Hall–Kier alpha value is -2.13. The molecule has 1 aromatic rings. The molecule has 1 aliphatic heterocycles. The smallest absolute Gasteiger partial charge is 0.240 e. The van der Waals surface area contributed by atoms with Gasteiger partial charge < -0.3 is 14.5 Å². The lowest BCUT2D eigenvalue weighted by atomic mass is 9.86. The normalized spacial score (nSPS) is 17.7. The van der Waals surface area contributed by atoms with E-state index in [1.54, 1.807) is 17.0 Å². The minimum Gasteiger partial charge on any atom is -0.494 e. The number of carbonyl (C=O) groups is 2. The van der Waals surface area contributed by atoms with Gasteiger partial charge in [-0.05, 0) is 43.5 Å². The summed E-state index contributed by atoms with van der Waals surface area (Å²) in [7, 11) is -3.68. The lowest BCUT2D eigenvalue weighted by molar-refractivity contribution is -0.139. The van der Waals surface area contributed by atoms with Crippen molar-refractivity contribution in [3.05, 3.63) is 24.3 Å². The van der Waals surface area contributed by atoms with E-state index in [4.69, 9.17) is 4.74 Å². The second-order valence-corrected chi connectivity index (χ2v) is 10.6. The van der Waals surface area contributed by atoms with Crippen LogP contribution in [0.4, 0.5) is 0 Å². The third-order valence-electron chi connectivity index (χ3n) is 6.55. The fourth-order valence-electron chi connectivity index (χ4n) is 4.58. The number of hydrogen-bond acceptors (Lipinski definition) is 5. The van der Waals surface area contributed by atoms with Crippen molar-refractivity contribution in [1.82, 2.24) is 14.5 Å². The highest BCUT2D eigenvalue weighted by Gasteiger charge is 2.25. The molecular formula is C24H37N3O5S. The lowest BCUT2D eigenvalue weighted by Gasteiger charge is -2.35. The Morgan fingerprint density at radius 3 is 2.09 bits per heavy atom. The maximum absolute atomic E-state index is 12.5. The van der Waals surface area contributed by atoms with Gasteiger partial charge in [-0.2, -0.15) is 0 Å². The summed E-state index contributed by atoms with van der Waals surface area (Å²) in [4.78, 5) is 28.8. The average molecular weight is 480 g/mol. The van der Waals surface area contributed by atoms with Gasteiger partial charge in [0.25, 0.3) is 0 Å². The quantitative estimate of drug-likeness (QED) is 0.557. The highest BCUT2D eigenvalue weighted by molar-refractivity contribution is 7.89. The highest BCUT2D eigenvalue weighted by atomic mass is 32.2. The maximum atomic E-state index is 12.5. The van der Waals surface area contributed by atoms with Crippen LogP contribution in [0.5, 0.6) is 5.75 Å². The Balaban J connectivity index is 1.36. The van der Waals surface area contributed by atoms with Crippen molar-refractivity contribution in [2.45, 2.75) is 63.2 Å². The Bertz CT molecular complexity index is 874. The van der Waals surface area contributed by atoms with Crippen LogP contribution in [0.25, 0.3) is 0 Å². The number of nitrogens with zero attached hydrogens (tertiary/aromatic N) is 2. The molecular weight excluding hydrogens is 442 g/mol. The van der Waals surface area contributed by atoms with Crippen LogP contribution in [0.3, 0.4) is 0 Å². The molecule has 0 spiro atoms. The van der Waals surface area contributed by atoms with E-state index >= 15 is 0 Å². The molecule has 0 bridgehead atoms. The van der Waals surface area contributed by atoms with Crippen molar-refractivity contribution in [1.29, 1.82) is 0 Å². The summed E-state index contributed by atoms with van der Waals surface area (Å²) in [6.45, 7) is 4.50. The zero-order valence-corrected chi connectivity index (χ0v) is 20.4. The van der Waals surface area contributed by atoms with Crippen molar-refractivity contribution in [2.24, 2.45) is 5.92 Å². The molecule has 184 valence electrons. The molecule has 1 aromatic carbocycles. The molecule has 2 aliphatic rings. The molecule has 0 atom stereocenters. The van der Waals surface area contributed by atoms with Gasteiger partial charge in [0.1, 0.15) is 5.75 Å². The van der Waals surface area contributed by atoms with E-state index in [-0.39, 0.29) is 29.7 Å². The first-order valence-electron chi connectivity index (χ1n) is 12.2. The number of piperazine rings is 1. The van der Waals surface area contributed by atoms with Crippen molar-refractivity contribution in [3.8, 4) is 5.75 Å². The van der Waals surface area contributed by atoms with Gasteiger partial charge >= 0.3 is 0 Å². The van der Waals surface area contributed by atoms with Gasteiger partial charge in [-0.1, -0.05) is 32.1 Å². The van der Waals surface area contributed by atoms with E-state index in [2.05, 4.69) is 4.72 Å². The second kappa shape index (κ2) is 12.4. The highest BCUT2D eigenvalue weighted by Crippen LogP contribution is 2.27. The first-order valence-corrected chi connectivity index (χ1v) is 13.7.